The molecule has 4 unspecified atom stereocenters. The van der Waals surface area contributed by atoms with Gasteiger partial charge in [-0.1, -0.05) is 72.8 Å². The van der Waals surface area contributed by atoms with Crippen LogP contribution in [0, 0.1) is 32.5 Å². The molecule has 2 N–H and O–H groups in total. The van der Waals surface area contributed by atoms with Crippen molar-refractivity contribution in [1.29, 1.82) is 0 Å². The molecule has 0 aliphatic heterocycles. The first-order valence-corrected chi connectivity index (χ1v) is 21.7. The van der Waals surface area contributed by atoms with Crippen molar-refractivity contribution in [2.45, 2.75) is 113 Å². The minimum Gasteiger partial charge on any atom is -0.478 e. The smallest absolute Gasteiger partial charge is 0.394 e. The number of aromatic carboxylic acids is 2. The second kappa shape index (κ2) is 13.4. The molecule has 4 atom stereocenters. The number of halogens is 12. The third-order valence-electron chi connectivity index (χ3n) is 17.5. The molecule has 8 aliphatic rings. The molecule has 0 saturated heterocycles. The van der Waals surface area contributed by atoms with Crippen LogP contribution in [0.4, 0.5) is 52.7 Å². The summed E-state index contributed by atoms with van der Waals surface area (Å²) in [6.07, 6.45) is -35.6. The van der Waals surface area contributed by atoms with Gasteiger partial charge in [0.25, 0.3) is 0 Å². The number of alkyl halides is 12. The highest BCUT2D eigenvalue weighted by Gasteiger charge is 2.87. The van der Waals surface area contributed by atoms with E-state index in [4.69, 9.17) is 0 Å². The van der Waals surface area contributed by atoms with Crippen LogP contribution >= 0.6 is 0 Å². The first-order chi connectivity index (χ1) is 30.5. The SMILES string of the molecule is O=C(O)c1ccc(-c2ccccc2)cc1C12CC3(C(F)(F)F)CC(C(F)(F)F)(C1)CC(C14CC5(c6cc(-c7ccccc7)ccc6C(=O)O)CC(C(F)(F)F)(CC(C(F)(F)F)(C5)C1)C4)(C2)C3. The highest BCUT2D eigenvalue weighted by atomic mass is 19.4. The van der Waals surface area contributed by atoms with E-state index in [0.717, 1.165) is 12.1 Å². The molecule has 0 radical (unpaired) electrons. The molecule has 0 amide bonds. The molecule has 12 rings (SSSR count). The zero-order valence-corrected chi connectivity index (χ0v) is 35.0. The van der Waals surface area contributed by atoms with Crippen molar-refractivity contribution >= 4 is 11.9 Å². The molecular formula is C50H42F12O4. The molecule has 8 fully saturated rings. The quantitative estimate of drug-likeness (QED) is 0.181. The Morgan fingerprint density at radius 1 is 0.364 bits per heavy atom. The van der Waals surface area contributed by atoms with Crippen LogP contribution in [0.1, 0.15) is 109 Å². The molecule has 350 valence electrons. The standard InChI is InChI=1S/C50H42F12O4/c51-47(52,53)43-19-39(35-15-31(11-13-33(35)37(63)64)29-7-3-1-4-8-29)17-41(23-43,24-44(20-39,27-43)48(54,55)56)42-18-40(36-16-32(12-14-34(36)38(65)66)30-9-5-2-6-10-30)21-45(25-42,49(57,58)59)28-46(22-40,26-42)50(60,61)62/h1-16H,17-28H2,(H,63,64)(H,65,66). The van der Waals surface area contributed by atoms with Crippen molar-refractivity contribution in [3.8, 4) is 22.3 Å². The number of rotatable bonds is 7. The van der Waals surface area contributed by atoms with E-state index in [9.17, 15) is 19.8 Å². The van der Waals surface area contributed by atoms with Crippen molar-refractivity contribution in [3.63, 3.8) is 0 Å². The highest BCUT2D eigenvalue weighted by Crippen LogP contribution is 2.89. The second-order valence-corrected chi connectivity index (χ2v) is 21.2. The van der Waals surface area contributed by atoms with Crippen LogP contribution in [-0.2, 0) is 10.8 Å². The summed E-state index contributed by atoms with van der Waals surface area (Å²) in [7, 11) is 0. The van der Waals surface area contributed by atoms with Crippen molar-refractivity contribution in [2.24, 2.45) is 32.5 Å². The fourth-order valence-electron chi connectivity index (χ4n) is 16.1. The Balaban J connectivity index is 1.29. The third kappa shape index (κ3) is 5.99. The van der Waals surface area contributed by atoms with Gasteiger partial charge in [0, 0.05) is 0 Å². The van der Waals surface area contributed by atoms with Gasteiger partial charge in [-0.05, 0) is 156 Å². The maximum atomic E-state index is 16.3. The second-order valence-electron chi connectivity index (χ2n) is 21.2. The monoisotopic (exact) mass is 934 g/mol. The van der Waals surface area contributed by atoms with Gasteiger partial charge < -0.3 is 10.2 Å². The van der Waals surface area contributed by atoms with Crippen LogP contribution in [0.25, 0.3) is 22.3 Å². The molecule has 4 aromatic rings. The van der Waals surface area contributed by atoms with Gasteiger partial charge in [0.1, 0.15) is 0 Å². The summed E-state index contributed by atoms with van der Waals surface area (Å²) in [4.78, 5) is 26.2. The van der Waals surface area contributed by atoms with E-state index in [1.807, 2.05) is 0 Å². The van der Waals surface area contributed by atoms with Crippen LogP contribution < -0.4 is 0 Å². The fourth-order valence-corrected chi connectivity index (χ4v) is 16.1. The van der Waals surface area contributed by atoms with Crippen molar-refractivity contribution in [2.75, 3.05) is 0 Å². The Hall–Kier alpha value is -5.02. The molecule has 8 aliphatic carbocycles. The third-order valence-corrected chi connectivity index (χ3v) is 17.5. The lowest BCUT2D eigenvalue weighted by Gasteiger charge is -2.80. The highest BCUT2D eigenvalue weighted by molar-refractivity contribution is 5.92. The van der Waals surface area contributed by atoms with E-state index < -0.39 is 168 Å². The summed E-state index contributed by atoms with van der Waals surface area (Å²) in [5, 5.41) is 21.2. The summed E-state index contributed by atoms with van der Waals surface area (Å²) in [6.45, 7) is 0. The van der Waals surface area contributed by atoms with E-state index >= 15 is 52.7 Å². The zero-order chi connectivity index (χ0) is 47.6. The molecule has 4 aromatic carbocycles. The summed E-state index contributed by atoms with van der Waals surface area (Å²) in [5.74, 6) is -3.37. The summed E-state index contributed by atoms with van der Waals surface area (Å²) < 4.78 is 196. The maximum absolute atomic E-state index is 16.3. The maximum Gasteiger partial charge on any atom is 0.394 e. The van der Waals surface area contributed by atoms with Crippen molar-refractivity contribution in [1.82, 2.24) is 0 Å². The molecule has 4 nitrogen and oxygen atoms in total. The molecule has 0 aromatic heterocycles. The minimum absolute atomic E-state index is 0.239. The predicted molar refractivity (Wildman–Crippen MR) is 215 cm³/mol. The average Bonchev–Trinajstić information content (AvgIpc) is 3.21. The van der Waals surface area contributed by atoms with Crippen molar-refractivity contribution < 1.29 is 72.5 Å². The number of hydrogen-bond acceptors (Lipinski definition) is 2. The van der Waals surface area contributed by atoms with E-state index in [1.54, 1.807) is 60.7 Å². The summed E-state index contributed by atoms with van der Waals surface area (Å²) >= 11 is 0. The van der Waals surface area contributed by atoms with Gasteiger partial charge in [-0.25, -0.2) is 9.59 Å². The van der Waals surface area contributed by atoms with Crippen LogP contribution in [0.3, 0.4) is 0 Å². The normalized spacial score (nSPS) is 35.9. The van der Waals surface area contributed by atoms with Gasteiger partial charge in [-0.3, -0.25) is 0 Å². The van der Waals surface area contributed by atoms with Gasteiger partial charge in [0.05, 0.1) is 32.8 Å². The first kappa shape index (κ1) is 44.8. The average molecular weight is 935 g/mol. The lowest BCUT2D eigenvalue weighted by Crippen LogP contribution is -2.77. The van der Waals surface area contributed by atoms with E-state index in [-0.39, 0.29) is 22.3 Å². The number of benzene rings is 4. The van der Waals surface area contributed by atoms with Crippen LogP contribution in [0.2, 0.25) is 0 Å². The van der Waals surface area contributed by atoms with E-state index in [0.29, 0.717) is 11.1 Å². The molecule has 0 spiro atoms. The zero-order valence-electron chi connectivity index (χ0n) is 35.0. The van der Waals surface area contributed by atoms with Gasteiger partial charge in [-0.2, -0.15) is 52.7 Å². The minimum atomic E-state index is -5.48. The Morgan fingerprint density at radius 2 is 0.652 bits per heavy atom. The van der Waals surface area contributed by atoms with Crippen molar-refractivity contribution in [3.05, 3.63) is 119 Å². The first-order valence-electron chi connectivity index (χ1n) is 21.7. The summed E-state index contributed by atoms with van der Waals surface area (Å²) in [5.41, 5.74) is -23.8. The van der Waals surface area contributed by atoms with Gasteiger partial charge in [0.15, 0.2) is 0 Å². The lowest BCUT2D eigenvalue weighted by molar-refractivity contribution is -0.406. The Morgan fingerprint density at radius 3 is 0.909 bits per heavy atom. The number of hydrogen-bond donors (Lipinski definition) is 2. The fraction of sp³-hybridized carbons (Fsp3) is 0.480. The molecule has 66 heavy (non-hydrogen) atoms. The van der Waals surface area contributed by atoms with Gasteiger partial charge >= 0.3 is 36.6 Å². The topological polar surface area (TPSA) is 74.6 Å². The molecule has 8 bridgehead atoms. The number of carbonyl (C=O) groups is 2. The van der Waals surface area contributed by atoms with Gasteiger partial charge in [-0.15, -0.1) is 0 Å². The molecule has 16 heteroatoms. The molecule has 8 saturated carbocycles. The largest absolute Gasteiger partial charge is 0.478 e. The summed E-state index contributed by atoms with van der Waals surface area (Å²) in [6, 6.07) is 23.4. The lowest BCUT2D eigenvalue weighted by atomic mass is 9.23. The molecule has 0 heterocycles. The van der Waals surface area contributed by atoms with Crippen LogP contribution in [0.15, 0.2) is 97.1 Å². The van der Waals surface area contributed by atoms with Crippen LogP contribution in [-0.4, -0.2) is 46.9 Å². The van der Waals surface area contributed by atoms with E-state index in [1.165, 1.54) is 24.3 Å². The van der Waals surface area contributed by atoms with E-state index in [2.05, 4.69) is 0 Å². The van der Waals surface area contributed by atoms with Gasteiger partial charge in [0.2, 0.25) is 0 Å². The Kier molecular flexibility index (Phi) is 9.07. The Labute approximate surface area is 370 Å². The molecular weight excluding hydrogens is 893 g/mol. The number of carboxylic acid groups (broad SMARTS) is 2. The Bertz CT molecular complexity index is 2420. The number of carboxylic acids is 2. The predicted octanol–water partition coefficient (Wildman–Crippen LogP) is 14.5. The van der Waals surface area contributed by atoms with Crippen LogP contribution in [0.5, 0.6) is 0 Å².